The summed E-state index contributed by atoms with van der Waals surface area (Å²) in [6.45, 7) is 6.37. The molecule has 2 aliphatic rings. The van der Waals surface area contributed by atoms with Gasteiger partial charge in [-0.3, -0.25) is 0 Å². The molecule has 3 nitrogen and oxygen atoms in total. The first-order valence-electron chi connectivity index (χ1n) is 9.11. The number of halogens is 4. The van der Waals surface area contributed by atoms with Gasteiger partial charge in [0.1, 0.15) is 5.75 Å². The molecular formula is C20H25ClF3NO2. The molecular weight excluding hydrogens is 379 g/mol. The molecule has 1 aromatic carbocycles. The van der Waals surface area contributed by atoms with Gasteiger partial charge in [0.05, 0.1) is 6.61 Å². The van der Waals surface area contributed by atoms with E-state index in [1.165, 1.54) is 0 Å². The van der Waals surface area contributed by atoms with E-state index in [0.717, 1.165) is 5.56 Å². The molecule has 0 fully saturated rings. The SMILES string of the molecule is CC1C=C(CC(O)(CC(C)(C)c2cc(Cl)cc3c2OCC3)C(F)(F)F)NC1. The first kappa shape index (κ1) is 20.3. The molecule has 0 spiro atoms. The van der Waals surface area contributed by atoms with Crippen molar-refractivity contribution < 1.29 is 23.0 Å². The fourth-order valence-corrected chi connectivity index (χ4v) is 4.29. The van der Waals surface area contributed by atoms with Crippen LogP contribution in [0.1, 0.15) is 44.7 Å². The van der Waals surface area contributed by atoms with Crippen molar-refractivity contribution in [3.63, 3.8) is 0 Å². The number of hydrogen-bond donors (Lipinski definition) is 2. The second-order valence-electron chi connectivity index (χ2n) is 8.36. The van der Waals surface area contributed by atoms with Crippen LogP contribution in [0.2, 0.25) is 5.02 Å². The Morgan fingerprint density at radius 3 is 2.59 bits per heavy atom. The highest BCUT2D eigenvalue weighted by atomic mass is 35.5. The second kappa shape index (κ2) is 6.89. The van der Waals surface area contributed by atoms with E-state index in [0.29, 0.717) is 41.6 Å². The zero-order chi connectivity index (χ0) is 20.0. The fourth-order valence-electron chi connectivity index (χ4n) is 4.05. The minimum atomic E-state index is -4.76. The number of ether oxygens (including phenoxy) is 1. The van der Waals surface area contributed by atoms with Crippen LogP contribution >= 0.6 is 11.6 Å². The van der Waals surface area contributed by atoms with E-state index in [4.69, 9.17) is 16.3 Å². The maximum Gasteiger partial charge on any atom is 0.417 e. The Kier molecular flexibility index (Phi) is 5.19. The van der Waals surface area contributed by atoms with Gasteiger partial charge in [-0.1, -0.05) is 38.4 Å². The number of benzene rings is 1. The van der Waals surface area contributed by atoms with Crippen LogP contribution < -0.4 is 10.1 Å². The van der Waals surface area contributed by atoms with Gasteiger partial charge >= 0.3 is 6.18 Å². The molecule has 0 saturated carbocycles. The highest BCUT2D eigenvalue weighted by Gasteiger charge is 2.56. The van der Waals surface area contributed by atoms with Crippen LogP contribution in [0, 0.1) is 5.92 Å². The summed E-state index contributed by atoms with van der Waals surface area (Å²) in [5.74, 6) is 0.746. The van der Waals surface area contributed by atoms with Gasteiger partial charge in [0.2, 0.25) is 0 Å². The van der Waals surface area contributed by atoms with Gasteiger partial charge in [-0.2, -0.15) is 13.2 Å². The Morgan fingerprint density at radius 2 is 2.00 bits per heavy atom. The van der Waals surface area contributed by atoms with Crippen molar-refractivity contribution in [3.8, 4) is 5.75 Å². The maximum absolute atomic E-state index is 13.9. The number of hydrogen-bond acceptors (Lipinski definition) is 3. The van der Waals surface area contributed by atoms with Gasteiger partial charge < -0.3 is 15.2 Å². The van der Waals surface area contributed by atoms with Crippen LogP contribution in [0.4, 0.5) is 13.2 Å². The van der Waals surface area contributed by atoms with E-state index in [1.807, 2.05) is 6.92 Å². The molecule has 0 saturated heterocycles. The number of alkyl halides is 3. The van der Waals surface area contributed by atoms with Gasteiger partial charge in [-0.15, -0.1) is 0 Å². The van der Waals surface area contributed by atoms with Crippen LogP contribution in [-0.2, 0) is 11.8 Å². The molecule has 0 radical (unpaired) electrons. The lowest BCUT2D eigenvalue weighted by Crippen LogP contribution is -2.50. The van der Waals surface area contributed by atoms with E-state index in [-0.39, 0.29) is 5.92 Å². The summed E-state index contributed by atoms with van der Waals surface area (Å²) in [5.41, 5.74) is -1.91. The molecule has 0 bridgehead atoms. The topological polar surface area (TPSA) is 41.5 Å². The van der Waals surface area contributed by atoms with E-state index < -0.39 is 30.0 Å². The molecule has 2 atom stereocenters. The van der Waals surface area contributed by atoms with Gasteiger partial charge in [-0.25, -0.2) is 0 Å². The largest absolute Gasteiger partial charge is 0.493 e. The summed E-state index contributed by atoms with van der Waals surface area (Å²) >= 11 is 6.19. The van der Waals surface area contributed by atoms with Crippen LogP contribution in [0.25, 0.3) is 0 Å². The summed E-state index contributed by atoms with van der Waals surface area (Å²) in [7, 11) is 0. The summed E-state index contributed by atoms with van der Waals surface area (Å²) in [6.07, 6.45) is -3.32. The Balaban J connectivity index is 1.95. The predicted octanol–water partition coefficient (Wildman–Crippen LogP) is 4.75. The summed E-state index contributed by atoms with van der Waals surface area (Å²) in [4.78, 5) is 0. The molecule has 7 heteroatoms. The maximum atomic E-state index is 13.9. The fraction of sp³-hybridized carbons (Fsp3) is 0.600. The second-order valence-corrected chi connectivity index (χ2v) is 8.79. The number of rotatable bonds is 5. The lowest BCUT2D eigenvalue weighted by molar-refractivity contribution is -0.266. The Morgan fingerprint density at radius 1 is 1.30 bits per heavy atom. The van der Waals surface area contributed by atoms with Gasteiger partial charge in [0, 0.05) is 35.7 Å². The van der Waals surface area contributed by atoms with Gasteiger partial charge in [0.25, 0.3) is 0 Å². The molecule has 2 unspecified atom stereocenters. The molecule has 1 aromatic rings. The summed E-state index contributed by atoms with van der Waals surface area (Å²) in [5, 5.41) is 14.2. The first-order chi connectivity index (χ1) is 12.4. The molecule has 150 valence electrons. The van der Waals surface area contributed by atoms with Crippen molar-refractivity contribution in [1.29, 1.82) is 0 Å². The van der Waals surface area contributed by atoms with Crippen LogP contribution in [0.3, 0.4) is 0 Å². The third-order valence-electron chi connectivity index (χ3n) is 5.36. The molecule has 0 aromatic heterocycles. The minimum absolute atomic E-state index is 0.148. The van der Waals surface area contributed by atoms with E-state index in [9.17, 15) is 18.3 Å². The first-order valence-corrected chi connectivity index (χ1v) is 9.48. The number of nitrogens with one attached hydrogen (secondary N) is 1. The molecule has 3 rings (SSSR count). The molecule has 0 amide bonds. The van der Waals surface area contributed by atoms with Crippen LogP contribution in [-0.4, -0.2) is 30.0 Å². The van der Waals surface area contributed by atoms with Gasteiger partial charge in [-0.05, 0) is 35.4 Å². The highest BCUT2D eigenvalue weighted by Crippen LogP contribution is 2.48. The molecule has 2 heterocycles. The molecule has 27 heavy (non-hydrogen) atoms. The average Bonchev–Trinajstić information content (AvgIpc) is 3.13. The van der Waals surface area contributed by atoms with Crippen molar-refractivity contribution in [3.05, 3.63) is 40.1 Å². The average molecular weight is 404 g/mol. The normalized spacial score (nSPS) is 21.9. The zero-order valence-electron chi connectivity index (χ0n) is 15.7. The lowest BCUT2D eigenvalue weighted by atomic mass is 9.72. The van der Waals surface area contributed by atoms with Gasteiger partial charge in [0.15, 0.2) is 5.60 Å². The molecule has 2 N–H and O–H groups in total. The van der Waals surface area contributed by atoms with E-state index in [1.54, 1.807) is 32.1 Å². The van der Waals surface area contributed by atoms with Crippen molar-refractivity contribution in [2.24, 2.45) is 5.92 Å². The Labute approximate surface area is 162 Å². The Bertz CT molecular complexity index is 760. The standard InChI is InChI=1S/C20H25ClF3NO2/c1-12-6-15(25-10-12)9-19(26,20(22,23)24)11-18(2,3)16-8-14(21)7-13-4-5-27-17(13)16/h6-8,12,25-26H,4-5,9-11H2,1-3H3. The van der Waals surface area contributed by atoms with Crippen LogP contribution in [0.15, 0.2) is 23.9 Å². The lowest BCUT2D eigenvalue weighted by Gasteiger charge is -2.38. The zero-order valence-corrected chi connectivity index (χ0v) is 16.5. The van der Waals surface area contributed by atoms with Crippen molar-refractivity contribution in [1.82, 2.24) is 5.32 Å². The summed E-state index contributed by atoms with van der Waals surface area (Å²) < 4.78 is 47.3. The van der Waals surface area contributed by atoms with Crippen LogP contribution in [0.5, 0.6) is 5.75 Å². The van der Waals surface area contributed by atoms with Crippen molar-refractivity contribution >= 4 is 11.6 Å². The number of aliphatic hydroxyl groups is 1. The summed E-state index contributed by atoms with van der Waals surface area (Å²) in [6, 6.07) is 3.44. The third kappa shape index (κ3) is 4.06. The monoisotopic (exact) mass is 403 g/mol. The molecule has 2 aliphatic heterocycles. The van der Waals surface area contributed by atoms with Crippen molar-refractivity contribution in [2.45, 2.75) is 57.2 Å². The smallest absolute Gasteiger partial charge is 0.417 e. The predicted molar refractivity (Wildman–Crippen MR) is 99.2 cm³/mol. The number of fused-ring (bicyclic) bond motifs is 1. The van der Waals surface area contributed by atoms with E-state index in [2.05, 4.69) is 5.32 Å². The Hall–Kier alpha value is -1.40. The van der Waals surface area contributed by atoms with Crippen molar-refractivity contribution in [2.75, 3.05) is 13.2 Å². The molecule has 0 aliphatic carbocycles. The quantitative estimate of drug-likeness (QED) is 0.745. The minimum Gasteiger partial charge on any atom is -0.493 e. The van der Waals surface area contributed by atoms with E-state index >= 15 is 0 Å². The third-order valence-corrected chi connectivity index (χ3v) is 5.58. The highest BCUT2D eigenvalue weighted by molar-refractivity contribution is 6.30.